The molecule has 0 saturated heterocycles. The molecule has 112 valence electrons. The molecule has 0 aliphatic heterocycles. The summed E-state index contributed by atoms with van der Waals surface area (Å²) in [6.07, 6.45) is 1.59. The van der Waals surface area contributed by atoms with Gasteiger partial charge in [0.05, 0.1) is 13.2 Å². The van der Waals surface area contributed by atoms with Gasteiger partial charge in [0, 0.05) is 20.3 Å². The third kappa shape index (κ3) is 5.85. The lowest BCUT2D eigenvalue weighted by Crippen LogP contribution is -2.24. The highest BCUT2D eigenvalue weighted by atomic mass is 16.5. The maximum absolute atomic E-state index is 11.6. The van der Waals surface area contributed by atoms with E-state index in [0.29, 0.717) is 26.4 Å². The molecule has 7 nitrogen and oxygen atoms in total. The molecule has 0 unspecified atom stereocenters. The molecule has 1 rings (SSSR count). The van der Waals surface area contributed by atoms with Gasteiger partial charge in [-0.3, -0.25) is 4.79 Å². The lowest BCUT2D eigenvalue weighted by atomic mass is 10.3. The van der Waals surface area contributed by atoms with Crippen LogP contribution in [0.5, 0.6) is 0 Å². The Morgan fingerprint density at radius 2 is 1.95 bits per heavy atom. The van der Waals surface area contributed by atoms with Gasteiger partial charge in [-0.1, -0.05) is 0 Å². The van der Waals surface area contributed by atoms with E-state index in [0.717, 1.165) is 12.8 Å². The smallest absolute Gasteiger partial charge is 0.371 e. The number of amides is 1. The lowest BCUT2D eigenvalue weighted by molar-refractivity contribution is 0.0658. The first-order chi connectivity index (χ1) is 9.65. The summed E-state index contributed by atoms with van der Waals surface area (Å²) in [5, 5.41) is 11.3. The Hall–Kier alpha value is -1.86. The number of rotatable bonds is 10. The Bertz CT molecular complexity index is 428. The monoisotopic (exact) mass is 285 g/mol. The lowest BCUT2D eigenvalue weighted by Gasteiger charge is -2.04. The maximum atomic E-state index is 11.6. The second kappa shape index (κ2) is 9.11. The molecule has 1 aromatic rings. The fourth-order valence-electron chi connectivity index (χ4n) is 1.44. The van der Waals surface area contributed by atoms with Crippen molar-refractivity contribution in [1.29, 1.82) is 0 Å². The molecule has 0 aliphatic rings. The van der Waals surface area contributed by atoms with Crippen molar-refractivity contribution < 1.29 is 28.6 Å². The highest BCUT2D eigenvalue weighted by molar-refractivity contribution is 5.93. The van der Waals surface area contributed by atoms with Crippen LogP contribution in [0.1, 0.15) is 34.0 Å². The van der Waals surface area contributed by atoms with Gasteiger partial charge in [0.15, 0.2) is 5.76 Å². The van der Waals surface area contributed by atoms with Crippen molar-refractivity contribution in [2.45, 2.75) is 12.8 Å². The van der Waals surface area contributed by atoms with Crippen molar-refractivity contribution in [3.8, 4) is 0 Å². The van der Waals surface area contributed by atoms with Gasteiger partial charge in [-0.2, -0.15) is 0 Å². The van der Waals surface area contributed by atoms with Crippen molar-refractivity contribution in [1.82, 2.24) is 5.32 Å². The van der Waals surface area contributed by atoms with Gasteiger partial charge in [-0.05, 0) is 25.0 Å². The molecule has 0 fully saturated rings. The Labute approximate surface area is 116 Å². The summed E-state index contributed by atoms with van der Waals surface area (Å²) in [6, 6.07) is 2.59. The van der Waals surface area contributed by atoms with E-state index in [2.05, 4.69) is 5.32 Å². The third-order valence-electron chi connectivity index (χ3n) is 2.47. The number of hydrogen-bond acceptors (Lipinski definition) is 5. The normalized spacial score (nSPS) is 10.4. The van der Waals surface area contributed by atoms with E-state index in [-0.39, 0.29) is 11.5 Å². The summed E-state index contributed by atoms with van der Waals surface area (Å²) in [7, 11) is 1.61. The van der Waals surface area contributed by atoms with Crippen LogP contribution in [0.15, 0.2) is 16.5 Å². The molecular weight excluding hydrogens is 266 g/mol. The van der Waals surface area contributed by atoms with E-state index < -0.39 is 11.9 Å². The number of furan rings is 1. The second-order valence-corrected chi connectivity index (χ2v) is 4.04. The van der Waals surface area contributed by atoms with Crippen LogP contribution >= 0.6 is 0 Å². The highest BCUT2D eigenvalue weighted by Crippen LogP contribution is 2.07. The van der Waals surface area contributed by atoms with Gasteiger partial charge in [0.25, 0.3) is 5.91 Å². The van der Waals surface area contributed by atoms with E-state index >= 15 is 0 Å². The number of carboxylic acids is 1. The SMILES string of the molecule is COCCOCCCCNC(=O)c1ccc(C(=O)O)o1. The maximum Gasteiger partial charge on any atom is 0.371 e. The van der Waals surface area contributed by atoms with E-state index in [1.165, 1.54) is 12.1 Å². The highest BCUT2D eigenvalue weighted by Gasteiger charge is 2.14. The number of unbranched alkanes of at least 4 members (excludes halogenated alkanes) is 1. The zero-order chi connectivity index (χ0) is 14.8. The van der Waals surface area contributed by atoms with E-state index in [1.54, 1.807) is 7.11 Å². The Morgan fingerprint density at radius 3 is 2.60 bits per heavy atom. The summed E-state index contributed by atoms with van der Waals surface area (Å²) < 4.78 is 15.0. The number of carbonyl (C=O) groups excluding carboxylic acids is 1. The molecule has 0 aliphatic carbocycles. The van der Waals surface area contributed by atoms with Crippen LogP contribution < -0.4 is 5.32 Å². The van der Waals surface area contributed by atoms with Gasteiger partial charge >= 0.3 is 5.97 Å². The van der Waals surface area contributed by atoms with Crippen LogP contribution in [-0.2, 0) is 9.47 Å². The first kappa shape index (κ1) is 16.2. The minimum absolute atomic E-state index is 0.00116. The average molecular weight is 285 g/mol. The van der Waals surface area contributed by atoms with E-state index in [1.807, 2.05) is 0 Å². The number of carbonyl (C=O) groups is 2. The van der Waals surface area contributed by atoms with Crippen LogP contribution in [0.2, 0.25) is 0 Å². The van der Waals surface area contributed by atoms with Crippen LogP contribution in [-0.4, -0.2) is 50.5 Å². The second-order valence-electron chi connectivity index (χ2n) is 4.04. The van der Waals surface area contributed by atoms with E-state index in [4.69, 9.17) is 19.0 Å². The van der Waals surface area contributed by atoms with Gasteiger partial charge in [0.1, 0.15) is 0 Å². The predicted octanol–water partition coefficient (Wildman–Crippen LogP) is 1.15. The van der Waals surface area contributed by atoms with Crippen molar-refractivity contribution in [3.63, 3.8) is 0 Å². The van der Waals surface area contributed by atoms with Crippen LogP contribution in [0.3, 0.4) is 0 Å². The van der Waals surface area contributed by atoms with Gasteiger partial charge in [-0.15, -0.1) is 0 Å². The van der Waals surface area contributed by atoms with Gasteiger partial charge < -0.3 is 24.3 Å². The largest absolute Gasteiger partial charge is 0.475 e. The Morgan fingerprint density at radius 1 is 1.20 bits per heavy atom. The first-order valence-electron chi connectivity index (χ1n) is 6.33. The number of methoxy groups -OCH3 is 1. The van der Waals surface area contributed by atoms with Crippen LogP contribution in [0, 0.1) is 0 Å². The van der Waals surface area contributed by atoms with Crippen molar-refractivity contribution >= 4 is 11.9 Å². The fourth-order valence-corrected chi connectivity index (χ4v) is 1.44. The molecule has 0 aromatic carbocycles. The first-order valence-corrected chi connectivity index (χ1v) is 6.33. The summed E-state index contributed by atoms with van der Waals surface area (Å²) >= 11 is 0. The molecule has 0 radical (unpaired) electrons. The fraction of sp³-hybridized carbons (Fsp3) is 0.538. The number of aromatic carboxylic acids is 1. The van der Waals surface area contributed by atoms with Crippen molar-refractivity contribution in [2.24, 2.45) is 0 Å². The molecule has 1 amide bonds. The summed E-state index contributed by atoms with van der Waals surface area (Å²) in [5.74, 6) is -1.87. The van der Waals surface area contributed by atoms with Gasteiger partial charge in [-0.25, -0.2) is 4.79 Å². The Balaban J connectivity index is 2.12. The zero-order valence-corrected chi connectivity index (χ0v) is 11.4. The molecule has 0 spiro atoms. The van der Waals surface area contributed by atoms with Gasteiger partial charge in [0.2, 0.25) is 5.76 Å². The molecule has 1 heterocycles. The van der Waals surface area contributed by atoms with Crippen LogP contribution in [0.4, 0.5) is 0 Å². The Kier molecular flexibility index (Phi) is 7.38. The summed E-state index contributed by atoms with van der Waals surface area (Å²) in [5.41, 5.74) is 0. The van der Waals surface area contributed by atoms with Crippen molar-refractivity contribution in [3.05, 3.63) is 23.7 Å². The number of ether oxygens (including phenoxy) is 2. The number of carboxylic acid groups (broad SMARTS) is 1. The summed E-state index contributed by atoms with van der Waals surface area (Å²) in [4.78, 5) is 22.2. The predicted molar refractivity (Wildman–Crippen MR) is 69.9 cm³/mol. The minimum Gasteiger partial charge on any atom is -0.475 e. The molecule has 2 N–H and O–H groups in total. The van der Waals surface area contributed by atoms with Crippen LogP contribution in [0.25, 0.3) is 0 Å². The molecule has 0 bridgehead atoms. The quantitative estimate of drug-likeness (QED) is 0.626. The van der Waals surface area contributed by atoms with Crippen molar-refractivity contribution in [2.75, 3.05) is 33.5 Å². The minimum atomic E-state index is -1.20. The van der Waals surface area contributed by atoms with E-state index in [9.17, 15) is 9.59 Å². The molecule has 1 aromatic heterocycles. The zero-order valence-electron chi connectivity index (χ0n) is 11.4. The standard InChI is InChI=1S/C13H19NO6/c1-18-8-9-19-7-3-2-6-14-12(15)10-4-5-11(20-10)13(16)17/h4-5H,2-3,6-9H2,1H3,(H,14,15)(H,16,17). The number of hydrogen-bond donors (Lipinski definition) is 2. The molecule has 0 atom stereocenters. The third-order valence-corrected chi connectivity index (χ3v) is 2.47. The molecule has 7 heteroatoms. The molecular formula is C13H19NO6. The average Bonchev–Trinajstić information content (AvgIpc) is 2.91. The topological polar surface area (TPSA) is 98.0 Å². The summed E-state index contributed by atoms with van der Waals surface area (Å²) in [6.45, 7) is 2.23. The molecule has 20 heavy (non-hydrogen) atoms. The number of nitrogens with one attached hydrogen (secondary N) is 1. The molecule has 0 saturated carbocycles.